The molecule has 0 radical (unpaired) electrons. The van der Waals surface area contributed by atoms with Crippen molar-refractivity contribution in [3.8, 4) is 0 Å². The first-order valence-corrected chi connectivity index (χ1v) is 6.89. The molecule has 0 aromatic heterocycles. The van der Waals surface area contributed by atoms with Gasteiger partial charge in [-0.05, 0) is 37.6 Å². The van der Waals surface area contributed by atoms with Crippen LogP contribution in [0, 0.1) is 0 Å². The monoisotopic (exact) mass is 250 g/mol. The van der Waals surface area contributed by atoms with E-state index >= 15 is 0 Å². The fraction of sp³-hybridized carbons (Fsp3) is 0.600. The molecule has 3 nitrogen and oxygen atoms in total. The van der Waals surface area contributed by atoms with Crippen LogP contribution in [0.15, 0.2) is 24.3 Å². The van der Waals surface area contributed by atoms with Gasteiger partial charge in [0.05, 0.1) is 6.61 Å². The molecule has 0 bridgehead atoms. The molecule has 0 heterocycles. The van der Waals surface area contributed by atoms with Crippen LogP contribution in [0.5, 0.6) is 0 Å². The number of aliphatic hydroxyl groups is 1. The van der Waals surface area contributed by atoms with Crippen molar-refractivity contribution in [1.29, 1.82) is 0 Å². The molecular formula is C15H26N2O. The van der Waals surface area contributed by atoms with Crippen LogP contribution < -0.4 is 10.2 Å². The lowest BCUT2D eigenvalue weighted by atomic mass is 10.0. The Bertz CT molecular complexity index is 314. The zero-order valence-corrected chi connectivity index (χ0v) is 11.8. The minimum Gasteiger partial charge on any atom is -0.395 e. The molecule has 1 aromatic rings. The first-order chi connectivity index (χ1) is 8.76. The van der Waals surface area contributed by atoms with Crippen molar-refractivity contribution in [1.82, 2.24) is 5.32 Å². The van der Waals surface area contributed by atoms with Gasteiger partial charge in [-0.25, -0.2) is 0 Å². The Balaban J connectivity index is 2.79. The van der Waals surface area contributed by atoms with Crippen LogP contribution in [0.1, 0.15) is 38.3 Å². The molecule has 0 amide bonds. The topological polar surface area (TPSA) is 35.5 Å². The van der Waals surface area contributed by atoms with Crippen molar-refractivity contribution in [3.05, 3.63) is 29.8 Å². The summed E-state index contributed by atoms with van der Waals surface area (Å²) < 4.78 is 0. The van der Waals surface area contributed by atoms with E-state index in [1.807, 2.05) is 7.05 Å². The van der Waals surface area contributed by atoms with Crippen LogP contribution in [0.25, 0.3) is 0 Å². The van der Waals surface area contributed by atoms with Gasteiger partial charge in [0.2, 0.25) is 0 Å². The molecule has 0 saturated carbocycles. The summed E-state index contributed by atoms with van der Waals surface area (Å²) in [5, 5.41) is 12.4. The minimum atomic E-state index is 0.204. The maximum Gasteiger partial charge on any atom is 0.0606 e. The van der Waals surface area contributed by atoms with E-state index in [2.05, 4.69) is 48.3 Å². The van der Waals surface area contributed by atoms with E-state index in [9.17, 15) is 0 Å². The van der Waals surface area contributed by atoms with Gasteiger partial charge in [-0.15, -0.1) is 0 Å². The highest BCUT2D eigenvalue weighted by atomic mass is 16.3. The van der Waals surface area contributed by atoms with Crippen molar-refractivity contribution in [2.45, 2.75) is 32.7 Å². The highest BCUT2D eigenvalue weighted by Gasteiger charge is 2.08. The molecular weight excluding hydrogens is 224 g/mol. The zero-order valence-electron chi connectivity index (χ0n) is 11.8. The quantitative estimate of drug-likeness (QED) is 0.744. The zero-order chi connectivity index (χ0) is 13.4. The number of hydrogen-bond acceptors (Lipinski definition) is 3. The normalized spacial score (nSPS) is 12.4. The van der Waals surface area contributed by atoms with Crippen molar-refractivity contribution >= 4 is 5.69 Å². The molecule has 1 aromatic carbocycles. The molecule has 102 valence electrons. The number of anilines is 1. The Morgan fingerprint density at radius 1 is 1.17 bits per heavy atom. The maximum atomic E-state index is 9.09. The van der Waals surface area contributed by atoms with Crippen molar-refractivity contribution in [2.24, 2.45) is 0 Å². The predicted molar refractivity (Wildman–Crippen MR) is 78.1 cm³/mol. The summed E-state index contributed by atoms with van der Waals surface area (Å²) in [5.41, 5.74) is 2.52. The second kappa shape index (κ2) is 8.11. The third-order valence-corrected chi connectivity index (χ3v) is 3.28. The number of nitrogens with zero attached hydrogens (tertiary/aromatic N) is 1. The summed E-state index contributed by atoms with van der Waals surface area (Å²) in [4.78, 5) is 2.23. The van der Waals surface area contributed by atoms with Gasteiger partial charge in [0.25, 0.3) is 0 Å². The maximum absolute atomic E-state index is 9.09. The molecule has 2 N–H and O–H groups in total. The fourth-order valence-corrected chi connectivity index (χ4v) is 2.28. The Labute approximate surface area is 111 Å². The van der Waals surface area contributed by atoms with E-state index in [-0.39, 0.29) is 6.61 Å². The van der Waals surface area contributed by atoms with Crippen molar-refractivity contribution < 1.29 is 5.11 Å². The van der Waals surface area contributed by atoms with Gasteiger partial charge in [-0.3, -0.25) is 0 Å². The summed E-state index contributed by atoms with van der Waals surface area (Å²) in [5.74, 6) is 0. The number of rotatable bonds is 8. The molecule has 0 aliphatic carbocycles. The molecule has 18 heavy (non-hydrogen) atoms. The second-order valence-corrected chi connectivity index (χ2v) is 4.55. The Morgan fingerprint density at radius 2 is 1.83 bits per heavy atom. The van der Waals surface area contributed by atoms with Gasteiger partial charge in [0.1, 0.15) is 0 Å². The largest absolute Gasteiger partial charge is 0.395 e. The Hall–Kier alpha value is -1.06. The van der Waals surface area contributed by atoms with Crippen LogP contribution in [0.2, 0.25) is 0 Å². The average Bonchev–Trinajstić information content (AvgIpc) is 2.41. The van der Waals surface area contributed by atoms with E-state index in [0.29, 0.717) is 12.6 Å². The standard InChI is InChI=1S/C15H26N2O/c1-4-10-17(11-12-18)14-8-6-13(7-9-14)15(5-2)16-3/h6-9,15-16,18H,4-5,10-12H2,1-3H3. The van der Waals surface area contributed by atoms with Crippen molar-refractivity contribution in [2.75, 3.05) is 31.6 Å². The highest BCUT2D eigenvalue weighted by Crippen LogP contribution is 2.21. The number of aliphatic hydroxyl groups excluding tert-OH is 1. The first-order valence-electron chi connectivity index (χ1n) is 6.89. The summed E-state index contributed by atoms with van der Waals surface area (Å²) >= 11 is 0. The third kappa shape index (κ3) is 4.00. The number of benzene rings is 1. The first kappa shape index (κ1) is 15.0. The van der Waals surface area contributed by atoms with E-state index in [1.165, 1.54) is 11.3 Å². The molecule has 0 fully saturated rings. The van der Waals surface area contributed by atoms with Gasteiger partial charge < -0.3 is 15.3 Å². The molecule has 3 heteroatoms. The lowest BCUT2D eigenvalue weighted by molar-refractivity contribution is 0.302. The summed E-state index contributed by atoms with van der Waals surface area (Å²) in [6, 6.07) is 9.10. The molecule has 0 saturated heterocycles. The van der Waals surface area contributed by atoms with Crippen LogP contribution in [-0.4, -0.2) is 31.9 Å². The lowest BCUT2D eigenvalue weighted by Gasteiger charge is -2.24. The van der Waals surface area contributed by atoms with Gasteiger partial charge >= 0.3 is 0 Å². The van der Waals surface area contributed by atoms with Gasteiger partial charge in [-0.2, -0.15) is 0 Å². The van der Waals surface area contributed by atoms with Crippen molar-refractivity contribution in [3.63, 3.8) is 0 Å². The smallest absolute Gasteiger partial charge is 0.0606 e. The van der Waals surface area contributed by atoms with Gasteiger partial charge in [0, 0.05) is 24.8 Å². The lowest BCUT2D eigenvalue weighted by Crippen LogP contribution is -2.27. The van der Waals surface area contributed by atoms with Crippen LogP contribution >= 0.6 is 0 Å². The van der Waals surface area contributed by atoms with E-state index in [4.69, 9.17) is 5.11 Å². The van der Waals surface area contributed by atoms with E-state index in [0.717, 1.165) is 19.4 Å². The average molecular weight is 250 g/mol. The van der Waals surface area contributed by atoms with Crippen LogP contribution in [0.4, 0.5) is 5.69 Å². The summed E-state index contributed by atoms with van der Waals surface area (Å²) in [7, 11) is 2.00. The summed E-state index contributed by atoms with van der Waals surface area (Å²) in [6.07, 6.45) is 2.18. The van der Waals surface area contributed by atoms with E-state index < -0.39 is 0 Å². The van der Waals surface area contributed by atoms with E-state index in [1.54, 1.807) is 0 Å². The number of nitrogens with one attached hydrogen (secondary N) is 1. The third-order valence-electron chi connectivity index (χ3n) is 3.28. The molecule has 0 aliphatic heterocycles. The van der Waals surface area contributed by atoms with Gasteiger partial charge in [-0.1, -0.05) is 26.0 Å². The minimum absolute atomic E-state index is 0.204. The Kier molecular flexibility index (Phi) is 6.76. The summed E-state index contributed by atoms with van der Waals surface area (Å²) in [6.45, 7) is 6.24. The molecule has 0 aliphatic rings. The predicted octanol–water partition coefficient (Wildman–Crippen LogP) is 2.57. The van der Waals surface area contributed by atoms with Gasteiger partial charge in [0.15, 0.2) is 0 Å². The number of hydrogen-bond donors (Lipinski definition) is 2. The van der Waals surface area contributed by atoms with Crippen LogP contribution in [-0.2, 0) is 0 Å². The molecule has 1 atom stereocenters. The molecule has 1 rings (SSSR count). The second-order valence-electron chi connectivity index (χ2n) is 4.55. The van der Waals surface area contributed by atoms with Crippen LogP contribution in [0.3, 0.4) is 0 Å². The highest BCUT2D eigenvalue weighted by molar-refractivity contribution is 5.48. The fourth-order valence-electron chi connectivity index (χ4n) is 2.28. The molecule has 0 spiro atoms. The Morgan fingerprint density at radius 3 is 2.28 bits per heavy atom. The SMILES string of the molecule is CCCN(CCO)c1ccc(C(CC)NC)cc1. The molecule has 1 unspecified atom stereocenters.